The van der Waals surface area contributed by atoms with Crippen molar-refractivity contribution in [3.8, 4) is 0 Å². The monoisotopic (exact) mass is 485 g/mol. The number of nitrogens with one attached hydrogen (secondary N) is 1. The van der Waals surface area contributed by atoms with Crippen molar-refractivity contribution in [1.29, 1.82) is 0 Å². The third-order valence-corrected chi connectivity index (χ3v) is 4.81. The summed E-state index contributed by atoms with van der Waals surface area (Å²) in [6, 6.07) is 4.85. The van der Waals surface area contributed by atoms with Crippen molar-refractivity contribution >= 4 is 45.6 Å². The number of halogens is 1. The largest absolute Gasteiger partial charge is 0.378 e. The molecule has 0 unspecified atom stereocenters. The highest BCUT2D eigenvalue weighted by Crippen LogP contribution is 2.16. The Bertz CT molecular complexity index is 721. The van der Waals surface area contributed by atoms with Crippen molar-refractivity contribution in [1.82, 2.24) is 9.62 Å². The van der Waals surface area contributed by atoms with Crippen LogP contribution in [0.1, 0.15) is 0 Å². The molecule has 2 rings (SSSR count). The number of nitrogens with zero attached hydrogens (tertiary/aromatic N) is 3. The van der Waals surface area contributed by atoms with Gasteiger partial charge >= 0.3 is 0 Å². The van der Waals surface area contributed by atoms with Crippen LogP contribution in [0.2, 0.25) is 0 Å². The van der Waals surface area contributed by atoms with Gasteiger partial charge in [-0.1, -0.05) is 6.07 Å². The van der Waals surface area contributed by atoms with Crippen molar-refractivity contribution in [2.45, 2.75) is 4.90 Å². The van der Waals surface area contributed by atoms with Crippen LogP contribution in [0.25, 0.3) is 0 Å². The number of guanidine groups is 1. The molecule has 10 nitrogen and oxygen atoms in total. The zero-order chi connectivity index (χ0) is 17.6. The molecular formula is C13H20IN5O5S. The van der Waals surface area contributed by atoms with E-state index in [2.05, 4.69) is 9.71 Å². The summed E-state index contributed by atoms with van der Waals surface area (Å²) in [5.74, 6) is 0.341. The van der Waals surface area contributed by atoms with Crippen LogP contribution in [0.15, 0.2) is 34.2 Å². The highest BCUT2D eigenvalue weighted by molar-refractivity contribution is 14.0. The molecule has 1 aromatic rings. The summed E-state index contributed by atoms with van der Waals surface area (Å²) >= 11 is 0. The molecule has 0 atom stereocenters. The Hall–Kier alpha value is -1.51. The lowest BCUT2D eigenvalue weighted by molar-refractivity contribution is -0.385. The molecule has 1 saturated heterocycles. The van der Waals surface area contributed by atoms with Gasteiger partial charge < -0.3 is 15.4 Å². The number of nitrogens with two attached hydrogens (primary N) is 1. The van der Waals surface area contributed by atoms with Crippen molar-refractivity contribution in [3.63, 3.8) is 0 Å². The lowest BCUT2D eigenvalue weighted by Crippen LogP contribution is -2.45. The molecule has 1 aliphatic heterocycles. The standard InChI is InChI=1S/C13H19N5O5S.HI/c14-13(17-6-8-23-9-7-17)15-4-5-16-24(21,22)12-3-1-2-11(10-12)18(19)20;/h1-3,10,16H,4-9H2,(H2,14,15);1H. The minimum absolute atomic E-state index is 0. The Morgan fingerprint density at radius 3 is 2.72 bits per heavy atom. The first-order valence-electron chi connectivity index (χ1n) is 7.27. The molecule has 0 amide bonds. The Morgan fingerprint density at radius 2 is 2.08 bits per heavy atom. The smallest absolute Gasteiger partial charge is 0.270 e. The minimum atomic E-state index is -3.84. The molecule has 0 saturated carbocycles. The van der Waals surface area contributed by atoms with E-state index in [1.807, 2.05) is 4.90 Å². The van der Waals surface area contributed by atoms with Crippen molar-refractivity contribution in [3.05, 3.63) is 34.4 Å². The normalized spacial score (nSPS) is 15.5. The lowest BCUT2D eigenvalue weighted by Gasteiger charge is -2.27. The maximum absolute atomic E-state index is 12.1. The molecule has 0 bridgehead atoms. The van der Waals surface area contributed by atoms with Gasteiger partial charge in [-0.2, -0.15) is 0 Å². The second-order valence-electron chi connectivity index (χ2n) is 4.99. The van der Waals surface area contributed by atoms with E-state index in [-0.39, 0.29) is 47.6 Å². The summed E-state index contributed by atoms with van der Waals surface area (Å²) in [5, 5.41) is 10.7. The summed E-state index contributed by atoms with van der Waals surface area (Å²) < 4.78 is 31.8. The Kier molecular flexibility index (Phi) is 8.47. The van der Waals surface area contributed by atoms with Gasteiger partial charge in [0, 0.05) is 31.8 Å². The van der Waals surface area contributed by atoms with Gasteiger partial charge in [0.2, 0.25) is 10.0 Å². The van der Waals surface area contributed by atoms with E-state index in [0.717, 1.165) is 6.07 Å². The SMILES string of the molecule is I.NC(=NCCNS(=O)(=O)c1cccc([N+](=O)[O-])c1)N1CCOCC1. The number of ether oxygens (including phenoxy) is 1. The number of sulfonamides is 1. The third kappa shape index (κ3) is 6.37. The van der Waals surface area contributed by atoms with Gasteiger partial charge in [0.25, 0.3) is 5.69 Å². The van der Waals surface area contributed by atoms with E-state index in [4.69, 9.17) is 10.5 Å². The molecular weight excluding hydrogens is 465 g/mol. The molecule has 1 heterocycles. The van der Waals surface area contributed by atoms with Gasteiger partial charge in [-0.25, -0.2) is 13.1 Å². The summed E-state index contributed by atoms with van der Waals surface area (Å²) in [6.07, 6.45) is 0. The van der Waals surface area contributed by atoms with Gasteiger partial charge in [0.15, 0.2) is 5.96 Å². The van der Waals surface area contributed by atoms with Crippen LogP contribution in [0.5, 0.6) is 0 Å². The topological polar surface area (TPSA) is 140 Å². The molecule has 25 heavy (non-hydrogen) atoms. The van der Waals surface area contributed by atoms with Gasteiger partial charge in [-0.05, 0) is 6.07 Å². The summed E-state index contributed by atoms with van der Waals surface area (Å²) in [6.45, 7) is 2.65. The van der Waals surface area contributed by atoms with Crippen molar-refractivity contribution in [2.75, 3.05) is 39.4 Å². The van der Waals surface area contributed by atoms with Crippen LogP contribution in [0.3, 0.4) is 0 Å². The first-order valence-corrected chi connectivity index (χ1v) is 8.75. The zero-order valence-electron chi connectivity index (χ0n) is 13.3. The molecule has 1 aromatic carbocycles. The van der Waals surface area contributed by atoms with Crippen LogP contribution in [-0.2, 0) is 14.8 Å². The number of rotatable bonds is 6. The van der Waals surface area contributed by atoms with Gasteiger partial charge in [-0.15, -0.1) is 24.0 Å². The molecule has 12 heteroatoms. The van der Waals surface area contributed by atoms with Crippen LogP contribution in [0, 0.1) is 10.1 Å². The molecule has 0 spiro atoms. The zero-order valence-corrected chi connectivity index (χ0v) is 16.5. The molecule has 1 aliphatic rings. The quantitative estimate of drug-likeness (QED) is 0.146. The molecule has 0 radical (unpaired) electrons. The number of non-ortho nitro benzene ring substituents is 1. The van der Waals surface area contributed by atoms with E-state index in [1.54, 1.807) is 0 Å². The Labute approximate surface area is 162 Å². The lowest BCUT2D eigenvalue weighted by atomic mass is 10.3. The van der Waals surface area contributed by atoms with Gasteiger partial charge in [-0.3, -0.25) is 15.1 Å². The molecule has 1 fully saturated rings. The summed E-state index contributed by atoms with van der Waals surface area (Å²) in [7, 11) is -3.84. The van der Waals surface area contributed by atoms with Crippen LogP contribution >= 0.6 is 24.0 Å². The second-order valence-corrected chi connectivity index (χ2v) is 6.76. The predicted octanol–water partition coefficient (Wildman–Crippen LogP) is 0.138. The van der Waals surface area contributed by atoms with Crippen LogP contribution < -0.4 is 10.5 Å². The van der Waals surface area contributed by atoms with Crippen molar-refractivity contribution in [2.24, 2.45) is 10.7 Å². The van der Waals surface area contributed by atoms with Crippen molar-refractivity contribution < 1.29 is 18.1 Å². The fourth-order valence-corrected chi connectivity index (χ4v) is 3.15. The summed E-state index contributed by atoms with van der Waals surface area (Å²) in [4.78, 5) is 15.9. The highest BCUT2D eigenvalue weighted by Gasteiger charge is 2.17. The number of hydrogen-bond acceptors (Lipinski definition) is 6. The van der Waals surface area contributed by atoms with E-state index in [9.17, 15) is 18.5 Å². The fourth-order valence-electron chi connectivity index (χ4n) is 2.09. The number of morpholine rings is 1. The van der Waals surface area contributed by atoms with Crippen LogP contribution in [-0.4, -0.2) is 63.6 Å². The number of hydrogen-bond donors (Lipinski definition) is 2. The highest BCUT2D eigenvalue weighted by atomic mass is 127. The van der Waals surface area contributed by atoms with E-state index < -0.39 is 14.9 Å². The maximum atomic E-state index is 12.1. The van der Waals surface area contributed by atoms with Gasteiger partial charge in [0.1, 0.15) is 0 Å². The second kappa shape index (κ2) is 9.84. The third-order valence-electron chi connectivity index (χ3n) is 3.35. The molecule has 0 aliphatic carbocycles. The maximum Gasteiger partial charge on any atom is 0.270 e. The first-order chi connectivity index (χ1) is 11.4. The van der Waals surface area contributed by atoms with E-state index >= 15 is 0 Å². The number of nitro groups is 1. The number of aliphatic imine (C=N–C) groups is 1. The average molecular weight is 485 g/mol. The number of nitro benzene ring substituents is 1. The average Bonchev–Trinajstić information content (AvgIpc) is 2.59. The molecule has 3 N–H and O–H groups in total. The predicted molar refractivity (Wildman–Crippen MR) is 103 cm³/mol. The minimum Gasteiger partial charge on any atom is -0.378 e. The fraction of sp³-hybridized carbons (Fsp3) is 0.462. The Morgan fingerprint density at radius 1 is 1.40 bits per heavy atom. The first kappa shape index (κ1) is 21.5. The van der Waals surface area contributed by atoms with Crippen LogP contribution in [0.4, 0.5) is 5.69 Å². The number of benzene rings is 1. The van der Waals surface area contributed by atoms with Gasteiger partial charge in [0.05, 0.1) is 29.6 Å². The van der Waals surface area contributed by atoms with E-state index in [1.165, 1.54) is 18.2 Å². The Balaban J connectivity index is 0.00000312. The summed E-state index contributed by atoms with van der Waals surface area (Å²) in [5.41, 5.74) is 5.55. The van der Waals surface area contributed by atoms with E-state index in [0.29, 0.717) is 32.3 Å². The molecule has 0 aromatic heterocycles. The molecule has 140 valence electrons.